The molecule has 0 aliphatic carbocycles. The zero-order chi connectivity index (χ0) is 11.1. The lowest BCUT2D eigenvalue weighted by Crippen LogP contribution is -2.33. The molecule has 0 fully saturated rings. The molecule has 0 bridgehead atoms. The van der Waals surface area contributed by atoms with Gasteiger partial charge in [0.05, 0.1) is 0 Å². The molecule has 0 aliphatic heterocycles. The predicted octanol–water partition coefficient (Wildman–Crippen LogP) is 2.19. The quantitative estimate of drug-likeness (QED) is 0.774. The number of hydrogen-bond acceptors (Lipinski definition) is 2. The van der Waals surface area contributed by atoms with Crippen LogP contribution in [0.4, 0.5) is 0 Å². The molecule has 1 atom stereocenters. The van der Waals surface area contributed by atoms with E-state index in [9.17, 15) is 0 Å². The highest BCUT2D eigenvalue weighted by atomic mass is 16.2. The van der Waals surface area contributed by atoms with Gasteiger partial charge in [-0.25, -0.2) is 0 Å². The van der Waals surface area contributed by atoms with Gasteiger partial charge >= 0.3 is 0 Å². The fourth-order valence-corrected chi connectivity index (χ4v) is 1.39. The Bertz CT molecular complexity index is 304. The van der Waals surface area contributed by atoms with Crippen molar-refractivity contribution in [1.82, 2.24) is 0 Å². The minimum Gasteiger partial charge on any atom is -0.396 e. The smallest absolute Gasteiger partial charge is 0.0431 e. The van der Waals surface area contributed by atoms with Crippen LogP contribution >= 0.6 is 0 Å². The molecule has 0 saturated heterocycles. The molecule has 15 heavy (non-hydrogen) atoms. The van der Waals surface area contributed by atoms with Gasteiger partial charge in [0.25, 0.3) is 0 Å². The molecule has 1 rings (SSSR count). The normalized spacial score (nSPS) is 15.4. The monoisotopic (exact) mass is 205 g/mol. The van der Waals surface area contributed by atoms with Crippen molar-refractivity contribution >= 4 is 6.08 Å². The summed E-state index contributed by atoms with van der Waals surface area (Å²) in [6.45, 7) is 2.17. The molecular formula is C13H19NO. The van der Waals surface area contributed by atoms with Gasteiger partial charge in [0, 0.05) is 12.1 Å². The lowest BCUT2D eigenvalue weighted by molar-refractivity contribution is 0.274. The van der Waals surface area contributed by atoms with E-state index in [0.717, 1.165) is 18.4 Å². The summed E-state index contributed by atoms with van der Waals surface area (Å²) in [7, 11) is 0. The Morgan fingerprint density at radius 2 is 2.00 bits per heavy atom. The third kappa shape index (κ3) is 4.77. The second-order valence-corrected chi connectivity index (χ2v) is 4.08. The van der Waals surface area contributed by atoms with Crippen molar-refractivity contribution in [3.63, 3.8) is 0 Å². The van der Waals surface area contributed by atoms with Crippen LogP contribution in [0, 0.1) is 0 Å². The zero-order valence-electron chi connectivity index (χ0n) is 9.19. The second-order valence-electron chi connectivity index (χ2n) is 4.08. The molecule has 0 radical (unpaired) electrons. The number of aliphatic hydroxyl groups excluding tert-OH is 1. The van der Waals surface area contributed by atoms with E-state index in [2.05, 4.69) is 0 Å². The van der Waals surface area contributed by atoms with Crippen molar-refractivity contribution in [1.29, 1.82) is 0 Å². The molecule has 0 saturated carbocycles. The fourth-order valence-electron chi connectivity index (χ4n) is 1.39. The van der Waals surface area contributed by atoms with E-state index in [-0.39, 0.29) is 12.1 Å². The summed E-state index contributed by atoms with van der Waals surface area (Å²) in [5.41, 5.74) is 6.87. The van der Waals surface area contributed by atoms with Gasteiger partial charge in [-0.2, -0.15) is 0 Å². The maximum Gasteiger partial charge on any atom is 0.0431 e. The summed E-state index contributed by atoms with van der Waals surface area (Å²) < 4.78 is 0. The van der Waals surface area contributed by atoms with Crippen molar-refractivity contribution in [2.45, 2.75) is 25.3 Å². The maximum absolute atomic E-state index is 8.74. The topological polar surface area (TPSA) is 46.2 Å². The van der Waals surface area contributed by atoms with Gasteiger partial charge in [-0.05, 0) is 25.3 Å². The molecule has 0 unspecified atom stereocenters. The number of nitrogens with two attached hydrogens (primary N) is 1. The van der Waals surface area contributed by atoms with E-state index in [0.29, 0.717) is 0 Å². The minimum atomic E-state index is -0.335. The first-order valence-electron chi connectivity index (χ1n) is 5.28. The Labute approximate surface area is 91.4 Å². The Morgan fingerprint density at radius 1 is 1.33 bits per heavy atom. The minimum absolute atomic E-state index is 0.200. The van der Waals surface area contributed by atoms with Crippen molar-refractivity contribution in [2.75, 3.05) is 6.61 Å². The van der Waals surface area contributed by atoms with E-state index in [1.165, 1.54) is 0 Å². The molecule has 0 heterocycles. The van der Waals surface area contributed by atoms with Gasteiger partial charge in [0.15, 0.2) is 0 Å². The molecule has 0 spiro atoms. The van der Waals surface area contributed by atoms with Crippen LogP contribution in [-0.2, 0) is 0 Å². The van der Waals surface area contributed by atoms with Crippen LogP contribution in [-0.4, -0.2) is 17.3 Å². The van der Waals surface area contributed by atoms with Gasteiger partial charge in [0.2, 0.25) is 0 Å². The third-order valence-electron chi connectivity index (χ3n) is 2.33. The van der Waals surface area contributed by atoms with Gasteiger partial charge in [0.1, 0.15) is 0 Å². The number of hydrogen-bond donors (Lipinski definition) is 2. The Hall–Kier alpha value is -1.12. The average Bonchev–Trinajstić information content (AvgIpc) is 2.25. The molecule has 2 nitrogen and oxygen atoms in total. The van der Waals surface area contributed by atoms with Crippen LogP contribution in [0.15, 0.2) is 36.4 Å². The van der Waals surface area contributed by atoms with Crippen LogP contribution in [0.25, 0.3) is 6.08 Å². The van der Waals surface area contributed by atoms with Crippen molar-refractivity contribution in [3.05, 3.63) is 42.0 Å². The van der Waals surface area contributed by atoms with E-state index in [4.69, 9.17) is 10.8 Å². The van der Waals surface area contributed by atoms with Crippen LogP contribution in [0.1, 0.15) is 25.3 Å². The highest BCUT2D eigenvalue weighted by molar-refractivity contribution is 5.50. The molecule has 82 valence electrons. The Kier molecular flexibility index (Phi) is 4.53. The summed E-state index contributed by atoms with van der Waals surface area (Å²) in [6.07, 6.45) is 5.56. The number of rotatable bonds is 5. The van der Waals surface area contributed by atoms with Crippen LogP contribution in [0.3, 0.4) is 0 Å². The maximum atomic E-state index is 8.74. The number of benzene rings is 1. The average molecular weight is 205 g/mol. The molecule has 3 N–H and O–H groups in total. The zero-order valence-corrected chi connectivity index (χ0v) is 9.19. The first-order chi connectivity index (χ1) is 7.14. The largest absolute Gasteiger partial charge is 0.396 e. The van der Waals surface area contributed by atoms with Crippen molar-refractivity contribution < 1.29 is 5.11 Å². The summed E-state index contributed by atoms with van der Waals surface area (Å²) in [5, 5.41) is 8.74. The lowest BCUT2D eigenvalue weighted by Gasteiger charge is -2.19. The molecule has 1 aromatic carbocycles. The summed E-state index contributed by atoms with van der Waals surface area (Å²) in [6, 6.07) is 10.1. The summed E-state index contributed by atoms with van der Waals surface area (Å²) in [4.78, 5) is 0. The van der Waals surface area contributed by atoms with Crippen LogP contribution in [0.2, 0.25) is 0 Å². The van der Waals surface area contributed by atoms with Gasteiger partial charge in [-0.3, -0.25) is 0 Å². The SMILES string of the molecule is C[C@](N)(/C=C/c1ccccc1)CCCO. The van der Waals surface area contributed by atoms with Gasteiger partial charge in [-0.15, -0.1) is 0 Å². The molecule has 0 amide bonds. The van der Waals surface area contributed by atoms with E-state index >= 15 is 0 Å². The Balaban J connectivity index is 2.56. The van der Waals surface area contributed by atoms with Crippen LogP contribution < -0.4 is 5.73 Å². The highest BCUT2D eigenvalue weighted by Crippen LogP contribution is 2.12. The first kappa shape index (κ1) is 12.0. The van der Waals surface area contributed by atoms with Gasteiger partial charge in [-0.1, -0.05) is 42.5 Å². The van der Waals surface area contributed by atoms with E-state index in [1.807, 2.05) is 49.4 Å². The predicted molar refractivity (Wildman–Crippen MR) is 64.4 cm³/mol. The second kappa shape index (κ2) is 5.69. The van der Waals surface area contributed by atoms with E-state index < -0.39 is 0 Å². The highest BCUT2D eigenvalue weighted by Gasteiger charge is 2.12. The molecule has 2 heteroatoms. The third-order valence-corrected chi connectivity index (χ3v) is 2.33. The lowest BCUT2D eigenvalue weighted by atomic mass is 9.96. The summed E-state index contributed by atoms with van der Waals surface area (Å²) >= 11 is 0. The van der Waals surface area contributed by atoms with Gasteiger partial charge < -0.3 is 10.8 Å². The first-order valence-corrected chi connectivity index (χ1v) is 5.28. The molecule has 0 aromatic heterocycles. The molecule has 0 aliphatic rings. The van der Waals surface area contributed by atoms with Crippen molar-refractivity contribution in [3.8, 4) is 0 Å². The van der Waals surface area contributed by atoms with Crippen molar-refractivity contribution in [2.24, 2.45) is 5.73 Å². The number of aliphatic hydroxyl groups is 1. The molecular weight excluding hydrogens is 186 g/mol. The molecule has 1 aromatic rings. The van der Waals surface area contributed by atoms with E-state index in [1.54, 1.807) is 0 Å². The summed E-state index contributed by atoms with van der Waals surface area (Å²) in [5.74, 6) is 0. The van der Waals surface area contributed by atoms with Crippen LogP contribution in [0.5, 0.6) is 0 Å². The Morgan fingerprint density at radius 3 is 2.60 bits per heavy atom. The standard InChI is InChI=1S/C13H19NO/c1-13(14,9-5-11-15)10-8-12-6-3-2-4-7-12/h2-4,6-8,10,15H,5,9,11,14H2,1H3/b10-8+/t13-/m1/s1. The fraction of sp³-hybridized carbons (Fsp3) is 0.385.